The van der Waals surface area contributed by atoms with Crippen LogP contribution >= 0.6 is 0 Å². The van der Waals surface area contributed by atoms with Gasteiger partial charge in [0.05, 0.1) is 16.8 Å². The molecule has 0 amide bonds. The zero-order valence-electron chi connectivity index (χ0n) is 11.9. The molecule has 0 spiro atoms. The quantitative estimate of drug-likeness (QED) is 0.741. The molecule has 1 aromatic heterocycles. The average molecular weight is 270 g/mol. The summed E-state index contributed by atoms with van der Waals surface area (Å²) in [6, 6.07) is 7.35. The molecule has 1 fully saturated rings. The first-order chi connectivity index (χ1) is 9.34. The van der Waals surface area contributed by atoms with Gasteiger partial charge in [-0.25, -0.2) is 4.98 Å². The molecule has 1 saturated heterocycles. The van der Waals surface area contributed by atoms with Crippen molar-refractivity contribution < 1.29 is 13.7 Å². The Bertz CT molecular complexity index is 699. The summed E-state index contributed by atoms with van der Waals surface area (Å²) in [6.45, 7) is 7.87. The second-order valence-corrected chi connectivity index (χ2v) is 5.90. The Morgan fingerprint density at radius 3 is 2.40 bits per heavy atom. The summed E-state index contributed by atoms with van der Waals surface area (Å²) in [5.41, 5.74) is 0.690. The minimum absolute atomic E-state index is 0.348. The molecule has 0 atom stereocenters. The molecule has 1 aromatic carbocycles. The molecule has 2 aromatic rings. The maximum absolute atomic E-state index is 9.08. The molecule has 0 N–H and O–H groups in total. The monoisotopic (exact) mass is 270 g/mol. The first-order valence-electron chi connectivity index (χ1n) is 6.49. The maximum atomic E-state index is 9.08. The van der Waals surface area contributed by atoms with Crippen LogP contribution in [0.5, 0.6) is 0 Å². The highest BCUT2D eigenvalue weighted by Gasteiger charge is 2.54. The van der Waals surface area contributed by atoms with Gasteiger partial charge in [0.1, 0.15) is 11.6 Å². The van der Waals surface area contributed by atoms with Crippen LogP contribution in [0, 0.1) is 11.3 Å². The van der Waals surface area contributed by atoms with Crippen molar-refractivity contribution in [1.82, 2.24) is 4.98 Å². The van der Waals surface area contributed by atoms with Crippen molar-refractivity contribution in [3.8, 4) is 6.07 Å². The number of rotatable bonds is 1. The average Bonchev–Trinajstić information content (AvgIpc) is 2.88. The molecule has 0 saturated carbocycles. The molecule has 1 aliphatic heterocycles. The van der Waals surface area contributed by atoms with Gasteiger partial charge in [-0.1, -0.05) is 6.07 Å². The van der Waals surface area contributed by atoms with Gasteiger partial charge in [0, 0.05) is 0 Å². The predicted molar refractivity (Wildman–Crippen MR) is 74.4 cm³/mol. The van der Waals surface area contributed by atoms with E-state index >= 15 is 0 Å². The van der Waals surface area contributed by atoms with Crippen molar-refractivity contribution in [1.29, 1.82) is 5.26 Å². The Hall–Kier alpha value is -1.84. The fraction of sp³-hybridized carbons (Fsp3) is 0.429. The normalized spacial score (nSPS) is 20.2. The summed E-state index contributed by atoms with van der Waals surface area (Å²) in [7, 11) is -0.654. The fourth-order valence-electron chi connectivity index (χ4n) is 2.10. The lowest BCUT2D eigenvalue weighted by molar-refractivity contribution is 0.00578. The standard InChI is InChI=1S/C14H15BN2O3/c1-13(2)14(3,4)20-15(19-13)12-17-11-9(8-16)6-5-7-10(11)18-12/h5-7H,1-4H3. The van der Waals surface area contributed by atoms with E-state index in [-0.39, 0.29) is 0 Å². The number of hydrogen-bond acceptors (Lipinski definition) is 5. The first-order valence-corrected chi connectivity index (χ1v) is 6.49. The van der Waals surface area contributed by atoms with Crippen LogP contribution in [0.4, 0.5) is 0 Å². The minimum Gasteiger partial charge on any atom is -0.443 e. The van der Waals surface area contributed by atoms with E-state index in [4.69, 9.17) is 19.0 Å². The predicted octanol–water partition coefficient (Wildman–Crippen LogP) is 2.00. The van der Waals surface area contributed by atoms with E-state index in [1.165, 1.54) is 0 Å². The van der Waals surface area contributed by atoms with E-state index in [2.05, 4.69) is 11.1 Å². The highest BCUT2D eigenvalue weighted by molar-refractivity contribution is 6.60. The van der Waals surface area contributed by atoms with E-state index in [0.717, 1.165) is 0 Å². The highest BCUT2D eigenvalue weighted by atomic mass is 16.7. The number of hydrogen-bond donors (Lipinski definition) is 0. The lowest BCUT2D eigenvalue weighted by Gasteiger charge is -2.32. The minimum atomic E-state index is -0.654. The summed E-state index contributed by atoms with van der Waals surface area (Å²) in [5, 5.41) is 9.08. The molecule has 5 nitrogen and oxygen atoms in total. The van der Waals surface area contributed by atoms with E-state index in [9.17, 15) is 0 Å². The Kier molecular flexibility index (Phi) is 2.68. The molecule has 102 valence electrons. The van der Waals surface area contributed by atoms with Crippen LogP contribution in [0.25, 0.3) is 11.1 Å². The van der Waals surface area contributed by atoms with Crippen molar-refractivity contribution in [2.45, 2.75) is 38.9 Å². The molecule has 0 aliphatic carbocycles. The van der Waals surface area contributed by atoms with Crippen LogP contribution < -0.4 is 5.79 Å². The summed E-state index contributed by atoms with van der Waals surface area (Å²) in [4.78, 5) is 4.36. The number of aromatic nitrogens is 1. The van der Waals surface area contributed by atoms with Gasteiger partial charge in [0.25, 0.3) is 0 Å². The van der Waals surface area contributed by atoms with Crippen LogP contribution in [-0.4, -0.2) is 23.3 Å². The maximum Gasteiger partial charge on any atom is 0.554 e. The number of nitriles is 1. The Morgan fingerprint density at radius 2 is 1.80 bits per heavy atom. The van der Waals surface area contributed by atoms with Crippen molar-refractivity contribution in [3.05, 3.63) is 23.8 Å². The fourth-order valence-corrected chi connectivity index (χ4v) is 2.10. The van der Waals surface area contributed by atoms with Gasteiger partial charge in [-0.3, -0.25) is 0 Å². The summed E-state index contributed by atoms with van der Waals surface area (Å²) in [6.07, 6.45) is 0. The smallest absolute Gasteiger partial charge is 0.443 e. The molecule has 0 unspecified atom stereocenters. The Morgan fingerprint density at radius 1 is 1.15 bits per heavy atom. The molecule has 6 heteroatoms. The second kappa shape index (κ2) is 4.08. The molecule has 0 bridgehead atoms. The van der Waals surface area contributed by atoms with Crippen LogP contribution in [0.3, 0.4) is 0 Å². The van der Waals surface area contributed by atoms with Gasteiger partial charge in [-0.15, -0.1) is 0 Å². The van der Waals surface area contributed by atoms with Crippen molar-refractivity contribution >= 4 is 24.0 Å². The van der Waals surface area contributed by atoms with E-state index in [0.29, 0.717) is 22.5 Å². The van der Waals surface area contributed by atoms with Gasteiger partial charge < -0.3 is 13.7 Å². The number of fused-ring (bicyclic) bond motifs is 1. The van der Waals surface area contributed by atoms with Crippen LogP contribution in [-0.2, 0) is 9.31 Å². The lowest BCUT2D eigenvalue weighted by Crippen LogP contribution is -2.41. The number of benzene rings is 1. The van der Waals surface area contributed by atoms with Gasteiger partial charge in [-0.05, 0) is 39.8 Å². The van der Waals surface area contributed by atoms with Crippen LogP contribution in [0.15, 0.2) is 22.6 Å². The number of oxazole rings is 1. The Balaban J connectivity index is 2.03. The summed E-state index contributed by atoms with van der Waals surface area (Å²) < 4.78 is 17.5. The molecule has 20 heavy (non-hydrogen) atoms. The first kappa shape index (κ1) is 13.2. The summed E-state index contributed by atoms with van der Waals surface area (Å²) in [5.74, 6) is 0.348. The van der Waals surface area contributed by atoms with Gasteiger partial charge in [0.2, 0.25) is 5.79 Å². The highest BCUT2D eigenvalue weighted by Crippen LogP contribution is 2.36. The largest absolute Gasteiger partial charge is 0.554 e. The van der Waals surface area contributed by atoms with Crippen molar-refractivity contribution in [3.63, 3.8) is 0 Å². The zero-order valence-corrected chi connectivity index (χ0v) is 11.9. The molecule has 0 radical (unpaired) electrons. The number of para-hydroxylation sites is 1. The van der Waals surface area contributed by atoms with E-state index < -0.39 is 18.3 Å². The number of nitrogens with zero attached hydrogens (tertiary/aromatic N) is 2. The van der Waals surface area contributed by atoms with Gasteiger partial charge >= 0.3 is 7.12 Å². The van der Waals surface area contributed by atoms with Crippen molar-refractivity contribution in [2.75, 3.05) is 0 Å². The van der Waals surface area contributed by atoms with Crippen LogP contribution in [0.2, 0.25) is 0 Å². The molecular formula is C14H15BN2O3. The molecule has 1 aliphatic rings. The molecular weight excluding hydrogens is 255 g/mol. The van der Waals surface area contributed by atoms with Gasteiger partial charge in [-0.2, -0.15) is 5.26 Å². The summed E-state index contributed by atoms with van der Waals surface area (Å²) >= 11 is 0. The SMILES string of the molecule is CC1(C)OB(c2nc3c(C#N)cccc3o2)OC1(C)C. The zero-order chi connectivity index (χ0) is 14.5. The second-order valence-electron chi connectivity index (χ2n) is 5.90. The third-order valence-corrected chi connectivity index (χ3v) is 4.01. The third kappa shape index (κ3) is 1.82. The third-order valence-electron chi connectivity index (χ3n) is 4.01. The van der Waals surface area contributed by atoms with E-state index in [1.54, 1.807) is 18.2 Å². The van der Waals surface area contributed by atoms with Crippen LogP contribution in [0.1, 0.15) is 33.3 Å². The van der Waals surface area contributed by atoms with Gasteiger partial charge in [0.15, 0.2) is 5.58 Å². The van der Waals surface area contributed by atoms with E-state index in [1.807, 2.05) is 27.7 Å². The topological polar surface area (TPSA) is 68.3 Å². The molecule has 3 rings (SSSR count). The Labute approximate surface area is 117 Å². The molecule has 2 heterocycles. The van der Waals surface area contributed by atoms with Crippen molar-refractivity contribution in [2.24, 2.45) is 0 Å². The lowest BCUT2D eigenvalue weighted by atomic mass is 9.90.